The molecule has 5 rings (SSSR count). The van der Waals surface area contributed by atoms with Crippen LogP contribution in [0.2, 0.25) is 0 Å². The molecule has 2 aliphatic rings. The number of carbonyl (C=O) groups is 1. The van der Waals surface area contributed by atoms with Gasteiger partial charge in [0.15, 0.2) is 0 Å². The molecule has 1 saturated carbocycles. The number of aromatic nitrogens is 2. The topological polar surface area (TPSA) is 84.1 Å². The summed E-state index contributed by atoms with van der Waals surface area (Å²) in [5.41, 5.74) is 8.33. The summed E-state index contributed by atoms with van der Waals surface area (Å²) >= 11 is 1.75. The summed E-state index contributed by atoms with van der Waals surface area (Å²) in [5, 5.41) is 8.32. The zero-order valence-electron chi connectivity index (χ0n) is 15.9. The average Bonchev–Trinajstić information content (AvgIpc) is 3.17. The number of benzene rings is 1. The molecule has 3 atom stereocenters. The van der Waals surface area contributed by atoms with Crippen molar-refractivity contribution in [1.29, 1.82) is 0 Å². The van der Waals surface area contributed by atoms with Gasteiger partial charge in [0.05, 0.1) is 5.56 Å². The maximum absolute atomic E-state index is 11.2. The Labute approximate surface area is 173 Å². The molecule has 3 heterocycles. The van der Waals surface area contributed by atoms with Crippen molar-refractivity contribution in [2.45, 2.75) is 18.5 Å². The van der Waals surface area contributed by atoms with Crippen molar-refractivity contribution < 1.29 is 4.79 Å². The lowest BCUT2D eigenvalue weighted by Gasteiger charge is -2.23. The minimum atomic E-state index is -0.497. The SMILES string of the molecule is NC(=O)c1cnc(N2CC3C(C2)C3NC(Cc2ccccc2)c2ccsc2)nc1. The van der Waals surface area contributed by atoms with E-state index in [2.05, 4.69) is 67.3 Å². The molecule has 2 fully saturated rings. The van der Waals surface area contributed by atoms with Gasteiger partial charge < -0.3 is 16.0 Å². The third-order valence-electron chi connectivity index (χ3n) is 6.02. The Balaban J connectivity index is 1.22. The van der Waals surface area contributed by atoms with Crippen molar-refractivity contribution >= 4 is 23.2 Å². The van der Waals surface area contributed by atoms with Gasteiger partial charge in [0, 0.05) is 37.6 Å². The summed E-state index contributed by atoms with van der Waals surface area (Å²) in [6, 6.07) is 13.8. The molecule has 7 heteroatoms. The van der Waals surface area contributed by atoms with Gasteiger partial charge in [0.2, 0.25) is 5.95 Å². The van der Waals surface area contributed by atoms with Crippen LogP contribution >= 0.6 is 11.3 Å². The highest BCUT2D eigenvalue weighted by Crippen LogP contribution is 2.47. The van der Waals surface area contributed by atoms with Gasteiger partial charge in [-0.3, -0.25) is 4.79 Å². The van der Waals surface area contributed by atoms with E-state index in [1.54, 1.807) is 11.3 Å². The van der Waals surface area contributed by atoms with Crippen LogP contribution in [0.25, 0.3) is 0 Å². The van der Waals surface area contributed by atoms with Crippen LogP contribution in [-0.2, 0) is 6.42 Å². The van der Waals surface area contributed by atoms with Gasteiger partial charge in [0.25, 0.3) is 5.91 Å². The number of piperidine rings is 1. The van der Waals surface area contributed by atoms with E-state index in [1.165, 1.54) is 23.5 Å². The third kappa shape index (κ3) is 3.75. The number of hydrogen-bond acceptors (Lipinski definition) is 6. The predicted molar refractivity (Wildman–Crippen MR) is 114 cm³/mol. The number of nitrogens with two attached hydrogens (primary N) is 1. The largest absolute Gasteiger partial charge is 0.366 e. The standard InChI is InChI=1S/C22H23N5OS/c23-21(28)16-9-24-22(25-10-16)27-11-17-18(12-27)20(17)26-19(15-6-7-29-13-15)8-14-4-2-1-3-5-14/h1-7,9-10,13,17-20,26H,8,11-12H2,(H2,23,28). The van der Waals surface area contributed by atoms with Crippen molar-refractivity contribution in [2.75, 3.05) is 18.0 Å². The van der Waals surface area contributed by atoms with Crippen LogP contribution in [0, 0.1) is 11.8 Å². The zero-order valence-corrected chi connectivity index (χ0v) is 16.8. The number of carbonyl (C=O) groups excluding carboxylic acids is 1. The minimum absolute atomic E-state index is 0.332. The molecule has 3 N–H and O–H groups in total. The number of fused-ring (bicyclic) bond motifs is 1. The summed E-state index contributed by atoms with van der Waals surface area (Å²) in [6.45, 7) is 1.89. The summed E-state index contributed by atoms with van der Waals surface area (Å²) < 4.78 is 0. The number of primary amides is 1. The Kier molecular flexibility index (Phi) is 4.77. The number of rotatable bonds is 7. The van der Waals surface area contributed by atoms with E-state index in [0.29, 0.717) is 35.4 Å². The minimum Gasteiger partial charge on any atom is -0.366 e. The molecule has 2 aromatic heterocycles. The van der Waals surface area contributed by atoms with Gasteiger partial charge in [-0.2, -0.15) is 11.3 Å². The molecular weight excluding hydrogens is 382 g/mol. The average molecular weight is 406 g/mol. The Bertz CT molecular complexity index is 964. The smallest absolute Gasteiger partial charge is 0.251 e. The second-order valence-electron chi connectivity index (χ2n) is 7.86. The number of amides is 1. The Hall–Kier alpha value is -2.77. The summed E-state index contributed by atoms with van der Waals surface area (Å²) in [4.78, 5) is 22.0. The molecule has 3 unspecified atom stereocenters. The lowest BCUT2D eigenvalue weighted by Crippen LogP contribution is -2.34. The third-order valence-corrected chi connectivity index (χ3v) is 6.72. The molecule has 1 aliphatic heterocycles. The second kappa shape index (κ2) is 7.57. The van der Waals surface area contributed by atoms with E-state index in [1.807, 2.05) is 0 Å². The van der Waals surface area contributed by atoms with Crippen LogP contribution in [0.1, 0.15) is 27.5 Å². The van der Waals surface area contributed by atoms with Gasteiger partial charge in [-0.05, 0) is 46.2 Å². The van der Waals surface area contributed by atoms with E-state index in [9.17, 15) is 4.79 Å². The molecular formula is C22H23N5OS. The van der Waals surface area contributed by atoms with Gasteiger partial charge >= 0.3 is 0 Å². The lowest BCUT2D eigenvalue weighted by molar-refractivity contribution is 0.0999. The van der Waals surface area contributed by atoms with E-state index >= 15 is 0 Å². The zero-order chi connectivity index (χ0) is 19.8. The van der Waals surface area contributed by atoms with Crippen LogP contribution in [0.5, 0.6) is 0 Å². The molecule has 1 aliphatic carbocycles. The molecule has 0 spiro atoms. The fourth-order valence-corrected chi connectivity index (χ4v) is 5.09. The Morgan fingerprint density at radius 3 is 2.52 bits per heavy atom. The summed E-state index contributed by atoms with van der Waals surface area (Å²) in [7, 11) is 0. The molecule has 0 radical (unpaired) electrons. The first-order valence-corrected chi connectivity index (χ1v) is 10.8. The van der Waals surface area contributed by atoms with E-state index < -0.39 is 5.91 Å². The van der Waals surface area contributed by atoms with Crippen molar-refractivity contribution in [3.05, 3.63) is 76.2 Å². The molecule has 0 bridgehead atoms. The van der Waals surface area contributed by atoms with Crippen molar-refractivity contribution in [2.24, 2.45) is 17.6 Å². The molecule has 1 aromatic carbocycles. The van der Waals surface area contributed by atoms with Crippen molar-refractivity contribution in [3.8, 4) is 0 Å². The quantitative estimate of drug-likeness (QED) is 0.631. The number of nitrogens with zero attached hydrogens (tertiary/aromatic N) is 3. The number of nitrogens with one attached hydrogen (secondary N) is 1. The molecule has 3 aromatic rings. The fraction of sp³-hybridized carbons (Fsp3) is 0.318. The first-order valence-electron chi connectivity index (χ1n) is 9.88. The highest BCUT2D eigenvalue weighted by Gasteiger charge is 2.56. The summed E-state index contributed by atoms with van der Waals surface area (Å²) in [5.74, 6) is 1.42. The molecule has 148 valence electrons. The molecule has 1 saturated heterocycles. The van der Waals surface area contributed by atoms with E-state index in [4.69, 9.17) is 5.73 Å². The molecule has 6 nitrogen and oxygen atoms in total. The van der Waals surface area contributed by atoms with Crippen LogP contribution in [-0.4, -0.2) is 35.0 Å². The fourth-order valence-electron chi connectivity index (χ4n) is 4.38. The van der Waals surface area contributed by atoms with Gasteiger partial charge in [0.1, 0.15) is 0 Å². The first-order chi connectivity index (χ1) is 14.2. The summed E-state index contributed by atoms with van der Waals surface area (Å²) in [6.07, 6.45) is 4.02. The number of hydrogen-bond donors (Lipinski definition) is 2. The Morgan fingerprint density at radius 2 is 1.90 bits per heavy atom. The normalized spacial score (nSPS) is 23.6. The van der Waals surface area contributed by atoms with Crippen molar-refractivity contribution in [1.82, 2.24) is 15.3 Å². The molecule has 29 heavy (non-hydrogen) atoms. The van der Waals surface area contributed by atoms with Gasteiger partial charge in [-0.15, -0.1) is 0 Å². The van der Waals surface area contributed by atoms with Gasteiger partial charge in [-0.25, -0.2) is 9.97 Å². The van der Waals surface area contributed by atoms with Gasteiger partial charge in [-0.1, -0.05) is 30.3 Å². The monoisotopic (exact) mass is 405 g/mol. The second-order valence-corrected chi connectivity index (χ2v) is 8.64. The highest BCUT2D eigenvalue weighted by molar-refractivity contribution is 7.07. The van der Waals surface area contributed by atoms with Crippen LogP contribution in [0.15, 0.2) is 59.6 Å². The van der Waals surface area contributed by atoms with E-state index in [0.717, 1.165) is 19.5 Å². The van der Waals surface area contributed by atoms with Crippen molar-refractivity contribution in [3.63, 3.8) is 0 Å². The lowest BCUT2D eigenvalue weighted by atomic mass is 10.0. The van der Waals surface area contributed by atoms with Crippen LogP contribution < -0.4 is 16.0 Å². The maximum Gasteiger partial charge on any atom is 0.251 e. The van der Waals surface area contributed by atoms with E-state index in [-0.39, 0.29) is 0 Å². The highest BCUT2D eigenvalue weighted by atomic mass is 32.1. The molecule has 1 amide bonds. The predicted octanol–water partition coefficient (Wildman–Crippen LogP) is 2.65. The Morgan fingerprint density at radius 1 is 1.17 bits per heavy atom. The number of anilines is 1. The van der Waals surface area contributed by atoms with Crippen LogP contribution in [0.3, 0.4) is 0 Å². The number of thiophene rings is 1. The first kappa shape index (κ1) is 18.3. The maximum atomic E-state index is 11.2. The van der Waals surface area contributed by atoms with Crippen LogP contribution in [0.4, 0.5) is 5.95 Å².